The topological polar surface area (TPSA) is 84.5 Å². The quantitative estimate of drug-likeness (QED) is 0.498. The number of carbonyl (C=O) groups excluding carboxylic acids is 3. The second-order valence-electron chi connectivity index (χ2n) is 6.23. The van der Waals surface area contributed by atoms with Gasteiger partial charge in [-0.15, -0.1) is 23.1 Å². The molecular formula is C22H20N2O4S2. The van der Waals surface area contributed by atoms with E-state index in [2.05, 4.69) is 15.4 Å². The maximum atomic E-state index is 12.4. The summed E-state index contributed by atoms with van der Waals surface area (Å²) in [6.45, 7) is 0. The van der Waals surface area contributed by atoms with Crippen LogP contribution in [0.1, 0.15) is 25.6 Å². The Morgan fingerprint density at radius 3 is 2.13 bits per heavy atom. The lowest BCUT2D eigenvalue weighted by atomic mass is 10.1. The molecule has 0 atom stereocenters. The first-order valence-electron chi connectivity index (χ1n) is 9.05. The van der Waals surface area contributed by atoms with Crippen LogP contribution in [0.4, 0.5) is 11.4 Å². The van der Waals surface area contributed by atoms with E-state index in [1.807, 2.05) is 35.7 Å². The van der Waals surface area contributed by atoms with Crippen molar-refractivity contribution in [2.24, 2.45) is 0 Å². The standard InChI is InChI=1S/C22H20N2O4S2/c1-28-20(25)14-29-13-15-4-8-17(9-5-15)23-21(26)16-6-10-18(11-7-16)24-22(27)19-3-2-12-30-19/h2-12H,13-14H2,1H3,(H,23,26)(H,24,27). The Labute approximate surface area is 182 Å². The molecule has 2 N–H and O–H groups in total. The van der Waals surface area contributed by atoms with Gasteiger partial charge in [0.05, 0.1) is 17.7 Å². The lowest BCUT2D eigenvalue weighted by Gasteiger charge is -2.08. The first-order chi connectivity index (χ1) is 14.5. The van der Waals surface area contributed by atoms with Gasteiger partial charge in [-0.05, 0) is 53.4 Å². The van der Waals surface area contributed by atoms with E-state index in [-0.39, 0.29) is 17.8 Å². The third-order valence-corrected chi connectivity index (χ3v) is 5.92. The number of amides is 2. The molecule has 1 aromatic heterocycles. The van der Waals surface area contributed by atoms with Gasteiger partial charge < -0.3 is 15.4 Å². The molecule has 154 valence electrons. The van der Waals surface area contributed by atoms with Crippen molar-refractivity contribution in [3.8, 4) is 0 Å². The molecule has 0 aliphatic rings. The van der Waals surface area contributed by atoms with Crippen LogP contribution in [0.25, 0.3) is 0 Å². The van der Waals surface area contributed by atoms with E-state index in [1.54, 1.807) is 30.3 Å². The van der Waals surface area contributed by atoms with Gasteiger partial charge in [-0.25, -0.2) is 0 Å². The summed E-state index contributed by atoms with van der Waals surface area (Å²) in [5, 5.41) is 7.49. The van der Waals surface area contributed by atoms with Gasteiger partial charge in [0.25, 0.3) is 11.8 Å². The number of ether oxygens (including phenoxy) is 1. The van der Waals surface area contributed by atoms with Crippen molar-refractivity contribution in [3.05, 3.63) is 82.0 Å². The summed E-state index contributed by atoms with van der Waals surface area (Å²) in [5.74, 6) is 0.327. The summed E-state index contributed by atoms with van der Waals surface area (Å²) in [4.78, 5) is 36.3. The number of hydrogen-bond donors (Lipinski definition) is 2. The minimum Gasteiger partial charge on any atom is -0.468 e. The first-order valence-corrected chi connectivity index (χ1v) is 11.1. The van der Waals surface area contributed by atoms with Crippen molar-refractivity contribution in [1.29, 1.82) is 0 Å². The van der Waals surface area contributed by atoms with Crippen LogP contribution in [0, 0.1) is 0 Å². The van der Waals surface area contributed by atoms with Crippen molar-refractivity contribution in [2.45, 2.75) is 5.75 Å². The molecule has 30 heavy (non-hydrogen) atoms. The van der Waals surface area contributed by atoms with Gasteiger partial charge in [-0.2, -0.15) is 0 Å². The SMILES string of the molecule is COC(=O)CSCc1ccc(NC(=O)c2ccc(NC(=O)c3cccs3)cc2)cc1. The average Bonchev–Trinajstić information content (AvgIpc) is 3.30. The van der Waals surface area contributed by atoms with Crippen molar-refractivity contribution in [3.63, 3.8) is 0 Å². The molecule has 8 heteroatoms. The number of rotatable bonds is 8. The van der Waals surface area contributed by atoms with E-state index >= 15 is 0 Å². The Bertz CT molecular complexity index is 1000. The van der Waals surface area contributed by atoms with Crippen molar-refractivity contribution in [1.82, 2.24) is 0 Å². The highest BCUT2D eigenvalue weighted by Crippen LogP contribution is 2.18. The summed E-state index contributed by atoms with van der Waals surface area (Å²) in [6, 6.07) is 17.7. The third-order valence-electron chi connectivity index (χ3n) is 4.08. The molecule has 2 aromatic carbocycles. The normalized spacial score (nSPS) is 10.3. The number of thiophene rings is 1. The molecule has 0 saturated carbocycles. The van der Waals surface area contributed by atoms with Crippen molar-refractivity contribution >= 4 is 52.3 Å². The molecule has 2 amide bonds. The fraction of sp³-hybridized carbons (Fsp3) is 0.136. The molecule has 3 rings (SSSR count). The Balaban J connectivity index is 1.51. The minimum atomic E-state index is -0.249. The van der Waals surface area contributed by atoms with Gasteiger partial charge in [0.15, 0.2) is 0 Å². The second-order valence-corrected chi connectivity index (χ2v) is 8.16. The zero-order valence-corrected chi connectivity index (χ0v) is 17.8. The van der Waals surface area contributed by atoms with Gasteiger partial charge in [0.2, 0.25) is 0 Å². The van der Waals surface area contributed by atoms with Crippen molar-refractivity contribution in [2.75, 3.05) is 23.5 Å². The molecule has 0 radical (unpaired) electrons. The molecule has 0 bridgehead atoms. The zero-order valence-electron chi connectivity index (χ0n) is 16.2. The number of hydrogen-bond acceptors (Lipinski definition) is 6. The van der Waals surface area contributed by atoms with Crippen LogP contribution in [-0.2, 0) is 15.3 Å². The van der Waals surface area contributed by atoms with Crippen LogP contribution >= 0.6 is 23.1 Å². The van der Waals surface area contributed by atoms with Crippen LogP contribution in [0.2, 0.25) is 0 Å². The van der Waals surface area contributed by atoms with Gasteiger partial charge in [-0.3, -0.25) is 14.4 Å². The Hall–Kier alpha value is -3.10. The van der Waals surface area contributed by atoms with Crippen LogP contribution in [0.3, 0.4) is 0 Å². The van der Waals surface area contributed by atoms with Crippen LogP contribution < -0.4 is 10.6 Å². The molecule has 3 aromatic rings. The highest BCUT2D eigenvalue weighted by atomic mass is 32.2. The molecule has 0 aliphatic heterocycles. The molecule has 0 unspecified atom stereocenters. The first kappa shape index (κ1) is 21.6. The maximum absolute atomic E-state index is 12.4. The lowest BCUT2D eigenvalue weighted by Crippen LogP contribution is -2.13. The van der Waals surface area contributed by atoms with Gasteiger partial charge in [0.1, 0.15) is 0 Å². The highest BCUT2D eigenvalue weighted by molar-refractivity contribution is 7.99. The number of carbonyl (C=O) groups is 3. The summed E-state index contributed by atoms with van der Waals surface area (Å²) in [6.07, 6.45) is 0. The molecule has 0 aliphatic carbocycles. The predicted molar refractivity (Wildman–Crippen MR) is 121 cm³/mol. The summed E-state index contributed by atoms with van der Waals surface area (Å²) in [7, 11) is 1.37. The number of benzene rings is 2. The summed E-state index contributed by atoms with van der Waals surface area (Å²) < 4.78 is 4.61. The average molecular weight is 441 g/mol. The van der Waals surface area contributed by atoms with E-state index in [0.29, 0.717) is 33.3 Å². The van der Waals surface area contributed by atoms with Crippen molar-refractivity contribution < 1.29 is 19.1 Å². The number of anilines is 2. The van der Waals surface area contributed by atoms with Crippen LogP contribution in [0.5, 0.6) is 0 Å². The Morgan fingerprint density at radius 2 is 1.53 bits per heavy atom. The monoisotopic (exact) mass is 440 g/mol. The summed E-state index contributed by atoms with van der Waals surface area (Å²) >= 11 is 2.84. The Kier molecular flexibility index (Phi) is 7.64. The molecule has 0 fully saturated rings. The molecule has 0 saturated heterocycles. The number of methoxy groups -OCH3 is 1. The van der Waals surface area contributed by atoms with E-state index in [0.717, 1.165) is 5.56 Å². The molecule has 0 spiro atoms. The van der Waals surface area contributed by atoms with Gasteiger partial charge >= 0.3 is 5.97 Å². The second kappa shape index (κ2) is 10.6. The fourth-order valence-corrected chi connectivity index (χ4v) is 3.94. The number of thioether (sulfide) groups is 1. The van der Waals surface area contributed by atoms with E-state index in [1.165, 1.54) is 30.2 Å². The maximum Gasteiger partial charge on any atom is 0.315 e. The Morgan fingerprint density at radius 1 is 0.900 bits per heavy atom. The van der Waals surface area contributed by atoms with E-state index in [9.17, 15) is 14.4 Å². The zero-order chi connectivity index (χ0) is 21.3. The fourth-order valence-electron chi connectivity index (χ4n) is 2.50. The number of nitrogens with one attached hydrogen (secondary N) is 2. The molecular weight excluding hydrogens is 420 g/mol. The van der Waals surface area contributed by atoms with Gasteiger partial charge in [-0.1, -0.05) is 18.2 Å². The summed E-state index contributed by atoms with van der Waals surface area (Å²) in [5.41, 5.74) is 2.84. The van der Waals surface area contributed by atoms with E-state index in [4.69, 9.17) is 0 Å². The van der Waals surface area contributed by atoms with E-state index < -0.39 is 0 Å². The van der Waals surface area contributed by atoms with Crippen LogP contribution in [-0.4, -0.2) is 30.6 Å². The smallest absolute Gasteiger partial charge is 0.315 e. The van der Waals surface area contributed by atoms with Crippen LogP contribution in [0.15, 0.2) is 66.0 Å². The minimum absolute atomic E-state index is 0.174. The number of esters is 1. The van der Waals surface area contributed by atoms with Gasteiger partial charge in [0, 0.05) is 22.7 Å². The largest absolute Gasteiger partial charge is 0.468 e. The predicted octanol–water partition coefficient (Wildman–Crippen LogP) is 4.66. The molecule has 1 heterocycles. The molecule has 6 nitrogen and oxygen atoms in total. The third kappa shape index (κ3) is 6.20. The lowest BCUT2D eigenvalue weighted by molar-refractivity contribution is -0.137. The highest BCUT2D eigenvalue weighted by Gasteiger charge is 2.09.